The first-order valence-electron chi connectivity index (χ1n) is 4.93. The molecule has 1 heterocycles. The van der Waals surface area contributed by atoms with Crippen LogP contribution in [0.25, 0.3) is 0 Å². The molecule has 0 fully saturated rings. The van der Waals surface area contributed by atoms with Gasteiger partial charge in [0.1, 0.15) is 0 Å². The van der Waals surface area contributed by atoms with Crippen LogP contribution in [0, 0.1) is 5.82 Å². The molecule has 1 aromatic heterocycles. The van der Waals surface area contributed by atoms with Crippen LogP contribution in [0.15, 0.2) is 37.9 Å². The minimum Gasteiger partial charge on any atom is -0.482 e. The van der Waals surface area contributed by atoms with E-state index in [0.29, 0.717) is 5.56 Å². The quantitative estimate of drug-likeness (QED) is 0.705. The Balaban J connectivity index is 2.05. The summed E-state index contributed by atoms with van der Waals surface area (Å²) in [7, 11) is 0. The third kappa shape index (κ3) is 3.18. The van der Waals surface area contributed by atoms with Gasteiger partial charge in [-0.3, -0.25) is 4.79 Å². The molecule has 0 saturated carbocycles. The van der Waals surface area contributed by atoms with Gasteiger partial charge in [0.05, 0.1) is 7.57 Å². The number of Topliss-reactive ketones (excluding diaryl/α,β-unsaturated/α-hetero) is 1. The molecule has 0 atom stereocenters. The molecule has 94 valence electrons. The molecule has 2 nitrogen and oxygen atoms in total. The molecule has 0 N–H and O–H groups in total. The van der Waals surface area contributed by atoms with Crippen molar-refractivity contribution in [2.75, 3.05) is 6.61 Å². The Hall–Kier alpha value is -0.720. The summed E-state index contributed by atoms with van der Waals surface area (Å²) in [5, 5.41) is 0. The van der Waals surface area contributed by atoms with E-state index in [1.807, 2.05) is 0 Å². The standard InChI is InChI=1S/C12H7Br2FO2S/c13-11-5-7(12(14)18-11)9(16)6-17-10-4-2-1-3-8(10)15/h1-5H,6H2. The van der Waals surface area contributed by atoms with Crippen LogP contribution < -0.4 is 4.74 Å². The maximum Gasteiger partial charge on any atom is 0.202 e. The number of ketones is 1. The van der Waals surface area contributed by atoms with Crippen molar-refractivity contribution in [3.05, 3.63) is 49.3 Å². The lowest BCUT2D eigenvalue weighted by Crippen LogP contribution is -2.11. The minimum absolute atomic E-state index is 0.0799. The van der Waals surface area contributed by atoms with E-state index in [-0.39, 0.29) is 18.1 Å². The van der Waals surface area contributed by atoms with Crippen LogP contribution in [0.5, 0.6) is 5.75 Å². The van der Waals surface area contributed by atoms with Gasteiger partial charge >= 0.3 is 0 Å². The summed E-state index contributed by atoms with van der Waals surface area (Å²) >= 11 is 8.00. The molecule has 0 aliphatic heterocycles. The van der Waals surface area contributed by atoms with Crippen molar-refractivity contribution in [1.82, 2.24) is 0 Å². The summed E-state index contributed by atoms with van der Waals surface area (Å²) in [5.41, 5.74) is 0.531. The second-order valence-electron chi connectivity index (χ2n) is 3.38. The van der Waals surface area contributed by atoms with Crippen molar-refractivity contribution in [2.45, 2.75) is 0 Å². The number of carbonyl (C=O) groups is 1. The second kappa shape index (κ2) is 5.95. The molecule has 2 rings (SSSR count). The number of thiophene rings is 1. The average Bonchev–Trinajstić information content (AvgIpc) is 2.67. The molecule has 0 amide bonds. The largest absolute Gasteiger partial charge is 0.482 e. The van der Waals surface area contributed by atoms with Gasteiger partial charge in [0.2, 0.25) is 5.78 Å². The first kappa shape index (κ1) is 13.7. The van der Waals surface area contributed by atoms with Gasteiger partial charge in [-0.2, -0.15) is 0 Å². The van der Waals surface area contributed by atoms with E-state index in [1.54, 1.807) is 18.2 Å². The lowest BCUT2D eigenvalue weighted by molar-refractivity contribution is 0.0918. The third-order valence-electron chi connectivity index (χ3n) is 2.15. The SMILES string of the molecule is O=C(COc1ccccc1F)c1cc(Br)sc1Br. The number of hydrogen-bond donors (Lipinski definition) is 0. The summed E-state index contributed by atoms with van der Waals surface area (Å²) in [6.07, 6.45) is 0. The Morgan fingerprint density at radius 3 is 2.67 bits per heavy atom. The Kier molecular flexibility index (Phi) is 4.53. The van der Waals surface area contributed by atoms with Crippen LogP contribution >= 0.6 is 43.2 Å². The fraction of sp³-hybridized carbons (Fsp3) is 0.0833. The van der Waals surface area contributed by atoms with Crippen LogP contribution in [-0.4, -0.2) is 12.4 Å². The molecule has 0 spiro atoms. The van der Waals surface area contributed by atoms with E-state index in [9.17, 15) is 9.18 Å². The van der Waals surface area contributed by atoms with Crippen molar-refractivity contribution in [3.63, 3.8) is 0 Å². The van der Waals surface area contributed by atoms with E-state index < -0.39 is 5.82 Å². The molecule has 2 aromatic rings. The molecule has 0 unspecified atom stereocenters. The molecule has 1 aromatic carbocycles. The maximum atomic E-state index is 13.3. The van der Waals surface area contributed by atoms with Crippen LogP contribution in [0.4, 0.5) is 4.39 Å². The molecule has 0 aliphatic rings. The Morgan fingerprint density at radius 2 is 2.06 bits per heavy atom. The lowest BCUT2D eigenvalue weighted by Gasteiger charge is -2.05. The summed E-state index contributed by atoms with van der Waals surface area (Å²) in [5.74, 6) is -0.598. The summed E-state index contributed by atoms with van der Waals surface area (Å²) < 4.78 is 20.0. The first-order valence-corrected chi connectivity index (χ1v) is 7.33. The number of hydrogen-bond acceptors (Lipinski definition) is 3. The predicted octanol–water partition coefficient (Wildman–Crippen LogP) is 4.67. The van der Waals surface area contributed by atoms with E-state index in [0.717, 1.165) is 7.57 Å². The monoisotopic (exact) mass is 392 g/mol. The molecule has 0 radical (unpaired) electrons. The maximum absolute atomic E-state index is 13.3. The Morgan fingerprint density at radius 1 is 1.33 bits per heavy atom. The van der Waals surface area contributed by atoms with Crippen molar-refractivity contribution < 1.29 is 13.9 Å². The highest BCUT2D eigenvalue weighted by molar-refractivity contribution is 9.12. The highest BCUT2D eigenvalue weighted by atomic mass is 79.9. The zero-order chi connectivity index (χ0) is 13.1. The lowest BCUT2D eigenvalue weighted by atomic mass is 10.2. The molecular weight excluding hydrogens is 387 g/mol. The van der Waals surface area contributed by atoms with Crippen LogP contribution in [0.1, 0.15) is 10.4 Å². The number of halogens is 3. The van der Waals surface area contributed by atoms with Gasteiger partial charge in [-0.05, 0) is 50.1 Å². The van der Waals surface area contributed by atoms with Crippen LogP contribution in [0.2, 0.25) is 0 Å². The highest BCUT2D eigenvalue weighted by Crippen LogP contribution is 2.32. The van der Waals surface area contributed by atoms with Gasteiger partial charge in [0, 0.05) is 5.56 Å². The molecule has 0 aliphatic carbocycles. The van der Waals surface area contributed by atoms with Gasteiger partial charge in [0.15, 0.2) is 18.2 Å². The van der Waals surface area contributed by atoms with Gasteiger partial charge < -0.3 is 4.74 Å². The highest BCUT2D eigenvalue weighted by Gasteiger charge is 2.15. The van der Waals surface area contributed by atoms with Gasteiger partial charge in [0.25, 0.3) is 0 Å². The van der Waals surface area contributed by atoms with E-state index in [1.165, 1.54) is 23.5 Å². The minimum atomic E-state index is -0.476. The fourth-order valence-electron chi connectivity index (χ4n) is 1.31. The molecular formula is C12H7Br2FO2S. The van der Waals surface area contributed by atoms with Crippen molar-refractivity contribution in [2.24, 2.45) is 0 Å². The number of ether oxygens (including phenoxy) is 1. The smallest absolute Gasteiger partial charge is 0.202 e. The Labute approximate surface area is 124 Å². The van der Waals surface area contributed by atoms with Crippen molar-refractivity contribution in [3.8, 4) is 5.75 Å². The normalized spacial score (nSPS) is 10.4. The van der Waals surface area contributed by atoms with Gasteiger partial charge in [-0.1, -0.05) is 12.1 Å². The molecule has 6 heteroatoms. The van der Waals surface area contributed by atoms with E-state index >= 15 is 0 Å². The predicted molar refractivity (Wildman–Crippen MR) is 75.9 cm³/mol. The average molecular weight is 394 g/mol. The summed E-state index contributed by atoms with van der Waals surface area (Å²) in [6.45, 7) is -0.192. The van der Waals surface area contributed by atoms with E-state index in [4.69, 9.17) is 4.74 Å². The van der Waals surface area contributed by atoms with E-state index in [2.05, 4.69) is 31.9 Å². The molecule has 0 bridgehead atoms. The number of para-hydroxylation sites is 1. The zero-order valence-electron chi connectivity index (χ0n) is 8.95. The van der Waals surface area contributed by atoms with Crippen molar-refractivity contribution in [1.29, 1.82) is 0 Å². The fourth-order valence-corrected chi connectivity index (χ4v) is 4.17. The van der Waals surface area contributed by atoms with Crippen LogP contribution in [-0.2, 0) is 0 Å². The summed E-state index contributed by atoms with van der Waals surface area (Å²) in [6, 6.07) is 7.70. The first-order chi connectivity index (χ1) is 8.58. The Bertz CT molecular complexity index is 583. The van der Waals surface area contributed by atoms with Gasteiger partial charge in [-0.25, -0.2) is 4.39 Å². The zero-order valence-corrected chi connectivity index (χ0v) is 12.9. The van der Waals surface area contributed by atoms with Crippen molar-refractivity contribution >= 4 is 49.0 Å². The second-order valence-corrected chi connectivity index (χ2v) is 7.13. The van der Waals surface area contributed by atoms with Gasteiger partial charge in [-0.15, -0.1) is 11.3 Å². The third-order valence-corrected chi connectivity index (χ3v) is 4.49. The number of benzene rings is 1. The molecule has 0 saturated heterocycles. The van der Waals surface area contributed by atoms with Crippen LogP contribution in [0.3, 0.4) is 0 Å². The summed E-state index contributed by atoms with van der Waals surface area (Å²) in [4.78, 5) is 11.9. The topological polar surface area (TPSA) is 26.3 Å². The molecule has 18 heavy (non-hydrogen) atoms. The number of carbonyl (C=O) groups excluding carboxylic acids is 1. The number of rotatable bonds is 4.